The minimum atomic E-state index is -0.190. The lowest BCUT2D eigenvalue weighted by Gasteiger charge is -2.19. The third-order valence-electron chi connectivity index (χ3n) is 3.64. The first kappa shape index (κ1) is 15.2. The van der Waals surface area contributed by atoms with Crippen LogP contribution in [-0.4, -0.2) is 21.3 Å². The second-order valence-corrected chi connectivity index (χ2v) is 6.80. The lowest BCUT2D eigenvalue weighted by molar-refractivity contribution is 0.205. The van der Waals surface area contributed by atoms with Crippen molar-refractivity contribution in [1.29, 1.82) is 0 Å². The SMILES string of the molecule is CCc1c(C)sc2ncn([C@H](CO)CC(C)C)c(=O)c12. The van der Waals surface area contributed by atoms with Gasteiger partial charge in [0.1, 0.15) is 4.83 Å². The van der Waals surface area contributed by atoms with Crippen LogP contribution in [0.2, 0.25) is 0 Å². The number of aliphatic hydroxyl groups is 1. The predicted octanol–water partition coefficient (Wildman–Crippen LogP) is 2.91. The number of thiophene rings is 1. The molecule has 4 nitrogen and oxygen atoms in total. The van der Waals surface area contributed by atoms with E-state index in [2.05, 4.69) is 25.8 Å². The fourth-order valence-corrected chi connectivity index (χ4v) is 3.75. The molecule has 5 heteroatoms. The van der Waals surface area contributed by atoms with Crippen LogP contribution in [0.4, 0.5) is 0 Å². The highest BCUT2D eigenvalue weighted by atomic mass is 32.1. The minimum Gasteiger partial charge on any atom is -0.394 e. The molecular weight excluding hydrogens is 272 g/mol. The van der Waals surface area contributed by atoms with Gasteiger partial charge in [0.25, 0.3) is 5.56 Å². The lowest BCUT2D eigenvalue weighted by atomic mass is 10.0. The van der Waals surface area contributed by atoms with E-state index < -0.39 is 0 Å². The topological polar surface area (TPSA) is 55.1 Å². The van der Waals surface area contributed by atoms with Gasteiger partial charge < -0.3 is 5.11 Å². The highest BCUT2D eigenvalue weighted by molar-refractivity contribution is 7.18. The fourth-order valence-electron chi connectivity index (χ4n) is 2.68. The van der Waals surface area contributed by atoms with Gasteiger partial charge in [-0.3, -0.25) is 9.36 Å². The van der Waals surface area contributed by atoms with Crippen LogP contribution in [0.25, 0.3) is 10.2 Å². The summed E-state index contributed by atoms with van der Waals surface area (Å²) >= 11 is 1.57. The first-order valence-corrected chi connectivity index (χ1v) is 7.91. The van der Waals surface area contributed by atoms with Crippen molar-refractivity contribution in [2.24, 2.45) is 5.92 Å². The van der Waals surface area contributed by atoms with Crippen LogP contribution in [0.3, 0.4) is 0 Å². The molecule has 2 heterocycles. The lowest BCUT2D eigenvalue weighted by Crippen LogP contribution is -2.28. The summed E-state index contributed by atoms with van der Waals surface area (Å²) in [7, 11) is 0. The summed E-state index contributed by atoms with van der Waals surface area (Å²) in [6, 6.07) is -0.190. The molecule has 0 saturated heterocycles. The average molecular weight is 294 g/mol. The van der Waals surface area contributed by atoms with Crippen LogP contribution >= 0.6 is 11.3 Å². The van der Waals surface area contributed by atoms with Crippen LogP contribution in [0.1, 0.15) is 43.7 Å². The van der Waals surface area contributed by atoms with Crippen molar-refractivity contribution >= 4 is 21.6 Å². The molecule has 110 valence electrons. The smallest absolute Gasteiger partial charge is 0.262 e. The second-order valence-electron chi connectivity index (χ2n) is 5.59. The number of rotatable bonds is 5. The van der Waals surface area contributed by atoms with E-state index in [0.717, 1.165) is 33.5 Å². The monoisotopic (exact) mass is 294 g/mol. The zero-order valence-electron chi connectivity index (χ0n) is 12.5. The Bertz CT molecular complexity index is 658. The van der Waals surface area contributed by atoms with Crippen LogP contribution in [0.15, 0.2) is 11.1 Å². The minimum absolute atomic E-state index is 0.0177. The number of aliphatic hydroxyl groups excluding tert-OH is 1. The zero-order chi connectivity index (χ0) is 14.9. The van der Waals surface area contributed by atoms with E-state index in [9.17, 15) is 9.90 Å². The number of hydrogen-bond donors (Lipinski definition) is 1. The number of aromatic nitrogens is 2. The third kappa shape index (κ3) is 2.65. The molecule has 0 bridgehead atoms. The van der Waals surface area contributed by atoms with Gasteiger partial charge in [0.15, 0.2) is 0 Å². The maximum Gasteiger partial charge on any atom is 0.262 e. The van der Waals surface area contributed by atoms with Gasteiger partial charge in [0, 0.05) is 4.88 Å². The molecular formula is C15H22N2O2S. The van der Waals surface area contributed by atoms with Crippen molar-refractivity contribution in [2.75, 3.05) is 6.61 Å². The van der Waals surface area contributed by atoms with Gasteiger partial charge in [-0.05, 0) is 31.2 Å². The van der Waals surface area contributed by atoms with E-state index in [0.29, 0.717) is 5.92 Å². The first-order chi connectivity index (χ1) is 9.49. The zero-order valence-corrected chi connectivity index (χ0v) is 13.3. The summed E-state index contributed by atoms with van der Waals surface area (Å²) < 4.78 is 1.60. The maximum atomic E-state index is 12.7. The quantitative estimate of drug-likeness (QED) is 0.922. The first-order valence-electron chi connectivity index (χ1n) is 7.09. The van der Waals surface area contributed by atoms with Crippen LogP contribution in [0.5, 0.6) is 0 Å². The van der Waals surface area contributed by atoms with Crippen molar-refractivity contribution in [3.8, 4) is 0 Å². The van der Waals surface area contributed by atoms with E-state index in [1.54, 1.807) is 22.2 Å². The predicted molar refractivity (Wildman–Crippen MR) is 83.6 cm³/mol. The van der Waals surface area contributed by atoms with E-state index in [4.69, 9.17) is 0 Å². The van der Waals surface area contributed by atoms with Crippen molar-refractivity contribution in [3.63, 3.8) is 0 Å². The summed E-state index contributed by atoms with van der Waals surface area (Å²) in [5.41, 5.74) is 1.08. The number of nitrogens with zero attached hydrogens (tertiary/aromatic N) is 2. The Kier molecular flexibility index (Phi) is 4.60. The van der Waals surface area contributed by atoms with Gasteiger partial charge in [0.05, 0.1) is 24.4 Å². The van der Waals surface area contributed by atoms with Gasteiger partial charge in [-0.15, -0.1) is 11.3 Å². The standard InChI is InChI=1S/C15H22N2O2S/c1-5-12-10(4)20-14-13(12)15(19)17(8-16-14)11(7-18)6-9(2)3/h8-9,11,18H,5-7H2,1-4H3/t11-/m0/s1. The maximum absolute atomic E-state index is 12.7. The van der Waals surface area contributed by atoms with Gasteiger partial charge in [-0.25, -0.2) is 4.98 Å². The van der Waals surface area contributed by atoms with Crippen molar-refractivity contribution in [1.82, 2.24) is 9.55 Å². The summed E-state index contributed by atoms with van der Waals surface area (Å²) in [5.74, 6) is 0.421. The Morgan fingerprint density at radius 3 is 2.70 bits per heavy atom. The number of fused-ring (bicyclic) bond motifs is 1. The van der Waals surface area contributed by atoms with Crippen LogP contribution < -0.4 is 5.56 Å². The summed E-state index contributed by atoms with van der Waals surface area (Å²) in [4.78, 5) is 19.1. The summed E-state index contributed by atoms with van der Waals surface area (Å²) in [6.45, 7) is 8.24. The molecule has 1 N–H and O–H groups in total. The molecule has 0 fully saturated rings. The molecule has 0 aliphatic carbocycles. The summed E-state index contributed by atoms with van der Waals surface area (Å²) in [6.07, 6.45) is 3.19. The van der Waals surface area contributed by atoms with E-state index in [1.807, 2.05) is 6.92 Å². The van der Waals surface area contributed by atoms with Crippen molar-refractivity contribution in [2.45, 2.75) is 46.6 Å². The highest BCUT2D eigenvalue weighted by Gasteiger charge is 2.18. The van der Waals surface area contributed by atoms with Gasteiger partial charge in [0.2, 0.25) is 0 Å². The van der Waals surface area contributed by atoms with Crippen molar-refractivity contribution < 1.29 is 5.11 Å². The Labute approximate surface area is 123 Å². The molecule has 2 aromatic rings. The molecule has 2 aromatic heterocycles. The molecule has 0 amide bonds. The summed E-state index contributed by atoms with van der Waals surface area (Å²) in [5, 5.41) is 10.3. The Morgan fingerprint density at radius 1 is 1.45 bits per heavy atom. The Hall–Kier alpha value is -1.20. The normalized spacial score (nSPS) is 13.3. The molecule has 1 atom stereocenters. The molecule has 0 radical (unpaired) electrons. The highest BCUT2D eigenvalue weighted by Crippen LogP contribution is 2.27. The van der Waals surface area contributed by atoms with Gasteiger partial charge >= 0.3 is 0 Å². The van der Waals surface area contributed by atoms with E-state index in [-0.39, 0.29) is 18.2 Å². The second kappa shape index (κ2) is 6.06. The number of hydrogen-bond acceptors (Lipinski definition) is 4. The molecule has 0 unspecified atom stereocenters. The molecule has 0 saturated carbocycles. The molecule has 0 aliphatic heterocycles. The van der Waals surface area contributed by atoms with E-state index in [1.165, 1.54) is 0 Å². The molecule has 2 rings (SSSR count). The largest absolute Gasteiger partial charge is 0.394 e. The fraction of sp³-hybridized carbons (Fsp3) is 0.600. The molecule has 0 aromatic carbocycles. The van der Waals surface area contributed by atoms with Gasteiger partial charge in [-0.1, -0.05) is 20.8 Å². The average Bonchev–Trinajstić information content (AvgIpc) is 2.73. The van der Waals surface area contributed by atoms with Gasteiger partial charge in [-0.2, -0.15) is 0 Å². The van der Waals surface area contributed by atoms with E-state index >= 15 is 0 Å². The van der Waals surface area contributed by atoms with Crippen LogP contribution in [-0.2, 0) is 6.42 Å². The van der Waals surface area contributed by atoms with Crippen LogP contribution in [0, 0.1) is 12.8 Å². The Balaban J connectivity index is 2.61. The number of aryl methyl sites for hydroxylation is 2. The Morgan fingerprint density at radius 2 is 2.15 bits per heavy atom. The molecule has 0 aliphatic rings. The molecule has 20 heavy (non-hydrogen) atoms. The third-order valence-corrected chi connectivity index (χ3v) is 4.69. The van der Waals surface area contributed by atoms with Crippen molar-refractivity contribution in [3.05, 3.63) is 27.1 Å². The molecule has 0 spiro atoms.